The van der Waals surface area contributed by atoms with Gasteiger partial charge in [0.25, 0.3) is 0 Å². The molecule has 1 aromatic heterocycles. The van der Waals surface area contributed by atoms with E-state index in [1.54, 1.807) is 0 Å². The quantitative estimate of drug-likeness (QED) is 0.818. The van der Waals surface area contributed by atoms with Gasteiger partial charge in [0.05, 0.1) is 5.69 Å². The Hall–Kier alpha value is -1.87. The predicted octanol–water partition coefficient (Wildman–Crippen LogP) is 3.30. The minimum atomic E-state index is 0.0161. The van der Waals surface area contributed by atoms with Crippen LogP contribution in [-0.2, 0) is 6.42 Å². The number of nitrogens with two attached hydrogens (primary N) is 2. The minimum absolute atomic E-state index is 0.0161. The Morgan fingerprint density at radius 3 is 2.45 bits per heavy atom. The van der Waals surface area contributed by atoms with E-state index in [1.807, 2.05) is 19.1 Å². The van der Waals surface area contributed by atoms with Gasteiger partial charge < -0.3 is 11.5 Å². The lowest BCUT2D eigenvalue weighted by molar-refractivity contribution is 0.596. The van der Waals surface area contributed by atoms with E-state index in [-0.39, 0.29) is 6.04 Å². The van der Waals surface area contributed by atoms with Crippen molar-refractivity contribution in [2.75, 3.05) is 5.73 Å². The lowest BCUT2D eigenvalue weighted by Crippen LogP contribution is -2.13. The second-order valence-electron chi connectivity index (χ2n) is 5.45. The summed E-state index contributed by atoms with van der Waals surface area (Å²) in [5.41, 5.74) is 17.3. The first-order chi connectivity index (χ1) is 9.54. The van der Waals surface area contributed by atoms with Gasteiger partial charge in [-0.25, -0.2) is 0 Å². The lowest BCUT2D eigenvalue weighted by Gasteiger charge is -2.12. The van der Waals surface area contributed by atoms with Crippen molar-refractivity contribution >= 4 is 5.69 Å². The van der Waals surface area contributed by atoms with Crippen molar-refractivity contribution in [2.24, 2.45) is 5.73 Å². The molecule has 4 N–H and O–H groups in total. The monoisotopic (exact) mass is 269 g/mol. The first-order valence-corrected chi connectivity index (χ1v) is 7.10. The van der Waals surface area contributed by atoms with Gasteiger partial charge in [-0.1, -0.05) is 12.1 Å². The maximum absolute atomic E-state index is 6.24. The Labute approximate surface area is 121 Å². The van der Waals surface area contributed by atoms with E-state index in [4.69, 9.17) is 11.5 Å². The number of nitrogen functional groups attached to an aromatic ring is 1. The number of hydrogen-bond acceptors (Lipinski definition) is 3. The Bertz CT molecular complexity index is 541. The van der Waals surface area contributed by atoms with Crippen LogP contribution in [0.1, 0.15) is 41.4 Å². The van der Waals surface area contributed by atoms with Crippen LogP contribution in [0.25, 0.3) is 0 Å². The molecule has 0 fully saturated rings. The zero-order valence-corrected chi connectivity index (χ0v) is 12.3. The summed E-state index contributed by atoms with van der Waals surface area (Å²) in [7, 11) is 0. The fourth-order valence-electron chi connectivity index (χ4n) is 2.42. The molecule has 3 nitrogen and oxygen atoms in total. The fraction of sp³-hybridized carbons (Fsp3) is 0.353. The van der Waals surface area contributed by atoms with Gasteiger partial charge in [0.1, 0.15) is 0 Å². The third-order valence-electron chi connectivity index (χ3n) is 3.46. The average Bonchev–Trinajstić information content (AvgIpc) is 2.40. The van der Waals surface area contributed by atoms with Crippen LogP contribution in [0, 0.1) is 13.8 Å². The molecule has 0 radical (unpaired) electrons. The first kappa shape index (κ1) is 14.5. The summed E-state index contributed by atoms with van der Waals surface area (Å²) in [5, 5.41) is 0. The Morgan fingerprint density at radius 1 is 1.10 bits per heavy atom. The van der Waals surface area contributed by atoms with E-state index < -0.39 is 0 Å². The van der Waals surface area contributed by atoms with E-state index >= 15 is 0 Å². The third-order valence-corrected chi connectivity index (χ3v) is 3.46. The van der Waals surface area contributed by atoms with Crippen molar-refractivity contribution in [3.05, 3.63) is 58.9 Å². The maximum Gasteiger partial charge on any atom is 0.0576 e. The molecule has 0 saturated heterocycles. The fourth-order valence-corrected chi connectivity index (χ4v) is 2.42. The number of nitrogens with zero attached hydrogens (tertiary/aromatic N) is 1. The summed E-state index contributed by atoms with van der Waals surface area (Å²) in [6, 6.07) is 12.2. The second kappa shape index (κ2) is 6.53. The van der Waals surface area contributed by atoms with Crippen molar-refractivity contribution in [1.82, 2.24) is 4.98 Å². The largest absolute Gasteiger partial charge is 0.399 e. The molecule has 1 heterocycles. The molecule has 0 aliphatic carbocycles. The van der Waals surface area contributed by atoms with Crippen molar-refractivity contribution in [3.8, 4) is 0 Å². The van der Waals surface area contributed by atoms with E-state index in [1.165, 1.54) is 11.1 Å². The number of aryl methyl sites for hydroxylation is 3. The van der Waals surface area contributed by atoms with Crippen LogP contribution in [0.5, 0.6) is 0 Å². The van der Waals surface area contributed by atoms with Crippen molar-refractivity contribution in [2.45, 2.75) is 39.2 Å². The van der Waals surface area contributed by atoms with Crippen molar-refractivity contribution < 1.29 is 0 Å². The molecule has 0 aliphatic rings. The molecular weight excluding hydrogens is 246 g/mol. The molecule has 0 amide bonds. The van der Waals surface area contributed by atoms with Gasteiger partial charge >= 0.3 is 0 Å². The van der Waals surface area contributed by atoms with E-state index in [0.29, 0.717) is 0 Å². The van der Waals surface area contributed by atoms with Gasteiger partial charge in [-0.2, -0.15) is 0 Å². The molecular formula is C17H23N3. The van der Waals surface area contributed by atoms with Gasteiger partial charge in [-0.05, 0) is 68.5 Å². The summed E-state index contributed by atoms with van der Waals surface area (Å²) >= 11 is 0. The van der Waals surface area contributed by atoms with E-state index in [0.717, 1.165) is 36.3 Å². The van der Waals surface area contributed by atoms with Gasteiger partial charge in [-0.15, -0.1) is 0 Å². The first-order valence-electron chi connectivity index (χ1n) is 7.10. The number of benzene rings is 1. The zero-order chi connectivity index (χ0) is 14.5. The molecule has 2 aromatic rings. The number of anilines is 1. The highest BCUT2D eigenvalue weighted by Gasteiger charge is 2.08. The number of aromatic nitrogens is 1. The van der Waals surface area contributed by atoms with Crippen molar-refractivity contribution in [3.63, 3.8) is 0 Å². The van der Waals surface area contributed by atoms with Crippen LogP contribution in [0.2, 0.25) is 0 Å². The highest BCUT2D eigenvalue weighted by atomic mass is 14.8. The average molecular weight is 269 g/mol. The van der Waals surface area contributed by atoms with Crippen LogP contribution in [0.15, 0.2) is 36.4 Å². The molecule has 3 heteroatoms. The summed E-state index contributed by atoms with van der Waals surface area (Å²) in [5.74, 6) is 0. The highest BCUT2D eigenvalue weighted by Crippen LogP contribution is 2.18. The van der Waals surface area contributed by atoms with Crippen LogP contribution in [-0.4, -0.2) is 4.98 Å². The Kier molecular flexibility index (Phi) is 4.74. The standard InChI is InChI=1S/C17H23N3/c1-12-10-13(2)20-17(11-12)16(19)5-3-4-14-6-8-15(18)9-7-14/h6-11,16H,3-5,18-19H2,1-2H3. The molecule has 2 rings (SSSR count). The van der Waals surface area contributed by atoms with Crippen LogP contribution in [0.3, 0.4) is 0 Å². The van der Waals surface area contributed by atoms with E-state index in [9.17, 15) is 0 Å². The molecule has 106 valence electrons. The number of hydrogen-bond donors (Lipinski definition) is 2. The molecule has 1 unspecified atom stereocenters. The summed E-state index contributed by atoms with van der Waals surface area (Å²) in [6.45, 7) is 4.09. The summed E-state index contributed by atoms with van der Waals surface area (Å²) < 4.78 is 0. The van der Waals surface area contributed by atoms with Gasteiger partial charge in [0.2, 0.25) is 0 Å². The molecule has 1 atom stereocenters. The van der Waals surface area contributed by atoms with Crippen LogP contribution >= 0.6 is 0 Å². The smallest absolute Gasteiger partial charge is 0.0576 e. The number of pyridine rings is 1. The zero-order valence-electron chi connectivity index (χ0n) is 12.3. The van der Waals surface area contributed by atoms with Gasteiger partial charge in [0, 0.05) is 17.4 Å². The summed E-state index contributed by atoms with van der Waals surface area (Å²) in [6.07, 6.45) is 3.03. The molecule has 0 saturated carbocycles. The topological polar surface area (TPSA) is 64.9 Å². The highest BCUT2D eigenvalue weighted by molar-refractivity contribution is 5.39. The molecule has 0 spiro atoms. The van der Waals surface area contributed by atoms with Crippen LogP contribution in [0.4, 0.5) is 5.69 Å². The SMILES string of the molecule is Cc1cc(C)nc(C(N)CCCc2ccc(N)cc2)c1. The predicted molar refractivity (Wildman–Crippen MR) is 84.4 cm³/mol. The molecule has 0 aliphatic heterocycles. The molecule has 1 aromatic carbocycles. The Balaban J connectivity index is 1.88. The van der Waals surface area contributed by atoms with Gasteiger partial charge in [0.15, 0.2) is 0 Å². The lowest BCUT2D eigenvalue weighted by atomic mass is 10.0. The second-order valence-corrected chi connectivity index (χ2v) is 5.45. The minimum Gasteiger partial charge on any atom is -0.399 e. The molecule has 20 heavy (non-hydrogen) atoms. The molecule has 0 bridgehead atoms. The van der Waals surface area contributed by atoms with E-state index in [2.05, 4.69) is 36.2 Å². The number of rotatable bonds is 5. The third kappa shape index (κ3) is 4.07. The van der Waals surface area contributed by atoms with Gasteiger partial charge in [-0.3, -0.25) is 4.98 Å². The van der Waals surface area contributed by atoms with Crippen LogP contribution < -0.4 is 11.5 Å². The van der Waals surface area contributed by atoms with Crippen molar-refractivity contribution in [1.29, 1.82) is 0 Å². The Morgan fingerprint density at radius 2 is 1.80 bits per heavy atom. The maximum atomic E-state index is 6.24. The normalized spacial score (nSPS) is 12.3. The summed E-state index contributed by atoms with van der Waals surface area (Å²) in [4.78, 5) is 4.53.